The van der Waals surface area contributed by atoms with E-state index in [1.165, 1.54) is 5.56 Å². The molecule has 0 fully saturated rings. The number of anilines is 1. The Morgan fingerprint density at radius 3 is 2.53 bits per heavy atom. The van der Waals surface area contributed by atoms with Crippen molar-refractivity contribution in [3.63, 3.8) is 0 Å². The lowest BCUT2D eigenvalue weighted by atomic mass is 10.1. The van der Waals surface area contributed by atoms with E-state index in [9.17, 15) is 0 Å². The molecule has 2 rings (SSSR count). The largest absolute Gasteiger partial charge is 0.355 e. The molecule has 17 heavy (non-hydrogen) atoms. The Morgan fingerprint density at radius 1 is 1.12 bits per heavy atom. The van der Waals surface area contributed by atoms with Crippen LogP contribution in [0.2, 0.25) is 0 Å². The van der Waals surface area contributed by atoms with Crippen LogP contribution < -0.4 is 5.32 Å². The van der Waals surface area contributed by atoms with Gasteiger partial charge < -0.3 is 5.32 Å². The molecule has 2 aromatic rings. The minimum Gasteiger partial charge on any atom is -0.355 e. The lowest BCUT2D eigenvalue weighted by Gasteiger charge is -2.07. The summed E-state index contributed by atoms with van der Waals surface area (Å²) in [5.74, 6) is 1.87. The molecule has 90 valence electrons. The van der Waals surface area contributed by atoms with Crippen LogP contribution in [0.5, 0.6) is 0 Å². The first-order valence-corrected chi connectivity index (χ1v) is 6.05. The molecule has 1 aromatic carbocycles. The molecule has 0 saturated heterocycles. The van der Waals surface area contributed by atoms with Crippen molar-refractivity contribution in [2.45, 2.75) is 26.8 Å². The van der Waals surface area contributed by atoms with Crippen molar-refractivity contribution in [2.75, 3.05) is 11.9 Å². The molecule has 0 atom stereocenters. The van der Waals surface area contributed by atoms with Crippen molar-refractivity contribution < 1.29 is 0 Å². The fourth-order valence-electron chi connectivity index (χ4n) is 1.87. The predicted molar refractivity (Wildman–Crippen MR) is 69.1 cm³/mol. The number of aromatic nitrogens is 3. The minimum absolute atomic E-state index is 0.826. The van der Waals surface area contributed by atoms with Gasteiger partial charge in [0.15, 0.2) is 0 Å². The molecule has 1 aromatic heterocycles. The van der Waals surface area contributed by atoms with Crippen molar-refractivity contribution >= 4 is 5.95 Å². The van der Waals surface area contributed by atoms with Gasteiger partial charge in [-0.1, -0.05) is 30.3 Å². The SMILES string of the molecule is CCNc1nnc(Cc2ccccc2)n1CC. The standard InChI is InChI=1S/C13H18N4/c1-3-14-13-16-15-12(17(13)4-2)10-11-8-6-5-7-9-11/h5-9H,3-4,10H2,1-2H3,(H,14,16). The van der Waals surface area contributed by atoms with Gasteiger partial charge in [-0.2, -0.15) is 0 Å². The zero-order valence-corrected chi connectivity index (χ0v) is 10.3. The van der Waals surface area contributed by atoms with Gasteiger partial charge in [0, 0.05) is 19.5 Å². The zero-order valence-electron chi connectivity index (χ0n) is 10.3. The number of hydrogen-bond acceptors (Lipinski definition) is 3. The highest BCUT2D eigenvalue weighted by Gasteiger charge is 2.09. The van der Waals surface area contributed by atoms with Crippen LogP contribution in [0.15, 0.2) is 30.3 Å². The minimum atomic E-state index is 0.826. The molecule has 0 radical (unpaired) electrons. The highest BCUT2D eigenvalue weighted by atomic mass is 15.3. The summed E-state index contributed by atoms with van der Waals surface area (Å²) in [5.41, 5.74) is 1.26. The lowest BCUT2D eigenvalue weighted by Crippen LogP contribution is -2.08. The van der Waals surface area contributed by atoms with Crippen molar-refractivity contribution in [1.29, 1.82) is 0 Å². The summed E-state index contributed by atoms with van der Waals surface area (Å²) in [6, 6.07) is 10.3. The van der Waals surface area contributed by atoms with Gasteiger partial charge in [-0.05, 0) is 19.4 Å². The maximum atomic E-state index is 4.25. The Kier molecular flexibility index (Phi) is 3.75. The molecule has 0 saturated carbocycles. The molecule has 0 amide bonds. The normalized spacial score (nSPS) is 10.5. The Labute approximate surface area is 102 Å². The molecular formula is C13H18N4. The zero-order chi connectivity index (χ0) is 12.1. The first kappa shape index (κ1) is 11.6. The van der Waals surface area contributed by atoms with Crippen LogP contribution in [0.25, 0.3) is 0 Å². The second-order valence-electron chi connectivity index (χ2n) is 3.88. The topological polar surface area (TPSA) is 42.7 Å². The Morgan fingerprint density at radius 2 is 1.88 bits per heavy atom. The summed E-state index contributed by atoms with van der Waals surface area (Å²) in [6.45, 7) is 5.92. The van der Waals surface area contributed by atoms with E-state index in [1.54, 1.807) is 0 Å². The molecule has 0 spiro atoms. The highest BCUT2D eigenvalue weighted by molar-refractivity contribution is 5.28. The third-order valence-corrected chi connectivity index (χ3v) is 2.68. The smallest absolute Gasteiger partial charge is 0.224 e. The van der Waals surface area contributed by atoms with Gasteiger partial charge in [-0.3, -0.25) is 4.57 Å². The summed E-state index contributed by atoms with van der Waals surface area (Å²) in [5, 5.41) is 11.6. The van der Waals surface area contributed by atoms with Crippen molar-refractivity contribution in [3.05, 3.63) is 41.7 Å². The Bertz CT molecular complexity index is 462. The molecule has 0 bridgehead atoms. The second-order valence-corrected chi connectivity index (χ2v) is 3.88. The number of hydrogen-bond donors (Lipinski definition) is 1. The van der Waals surface area contributed by atoms with E-state index in [0.717, 1.165) is 31.3 Å². The molecule has 1 heterocycles. The van der Waals surface area contributed by atoms with Gasteiger partial charge in [0.25, 0.3) is 0 Å². The van der Waals surface area contributed by atoms with Crippen LogP contribution in [0, 0.1) is 0 Å². The monoisotopic (exact) mass is 230 g/mol. The average molecular weight is 230 g/mol. The fourth-order valence-corrected chi connectivity index (χ4v) is 1.87. The summed E-state index contributed by atoms with van der Waals surface area (Å²) < 4.78 is 2.12. The van der Waals surface area contributed by atoms with Gasteiger partial charge in [0.2, 0.25) is 5.95 Å². The van der Waals surface area contributed by atoms with E-state index < -0.39 is 0 Å². The molecule has 1 N–H and O–H groups in total. The number of rotatable bonds is 5. The van der Waals surface area contributed by atoms with Crippen LogP contribution in [-0.2, 0) is 13.0 Å². The summed E-state index contributed by atoms with van der Waals surface area (Å²) in [6.07, 6.45) is 0.826. The average Bonchev–Trinajstić information content (AvgIpc) is 2.73. The van der Waals surface area contributed by atoms with E-state index in [2.05, 4.69) is 46.1 Å². The van der Waals surface area contributed by atoms with Crippen LogP contribution in [0.4, 0.5) is 5.95 Å². The van der Waals surface area contributed by atoms with Gasteiger partial charge in [0.1, 0.15) is 5.82 Å². The van der Waals surface area contributed by atoms with Crippen molar-refractivity contribution in [3.8, 4) is 0 Å². The Balaban J connectivity index is 2.21. The van der Waals surface area contributed by atoms with Gasteiger partial charge >= 0.3 is 0 Å². The van der Waals surface area contributed by atoms with Gasteiger partial charge in [-0.15, -0.1) is 10.2 Å². The molecule has 4 nitrogen and oxygen atoms in total. The predicted octanol–water partition coefficient (Wildman–Crippen LogP) is 2.32. The van der Waals surface area contributed by atoms with E-state index >= 15 is 0 Å². The Hall–Kier alpha value is -1.84. The number of benzene rings is 1. The molecule has 0 aliphatic heterocycles. The van der Waals surface area contributed by atoms with Crippen molar-refractivity contribution in [2.24, 2.45) is 0 Å². The van der Waals surface area contributed by atoms with E-state index in [4.69, 9.17) is 0 Å². The van der Waals surface area contributed by atoms with Crippen LogP contribution >= 0.6 is 0 Å². The highest BCUT2D eigenvalue weighted by Crippen LogP contribution is 2.12. The maximum Gasteiger partial charge on any atom is 0.224 e. The fraction of sp³-hybridized carbons (Fsp3) is 0.385. The lowest BCUT2D eigenvalue weighted by molar-refractivity contribution is 0.716. The quantitative estimate of drug-likeness (QED) is 0.857. The molecule has 0 aliphatic carbocycles. The van der Waals surface area contributed by atoms with Gasteiger partial charge in [0.05, 0.1) is 0 Å². The van der Waals surface area contributed by atoms with Crippen molar-refractivity contribution in [1.82, 2.24) is 14.8 Å². The second kappa shape index (κ2) is 5.48. The maximum absolute atomic E-state index is 4.25. The molecule has 0 aliphatic rings. The number of nitrogens with one attached hydrogen (secondary N) is 1. The first-order valence-electron chi connectivity index (χ1n) is 6.05. The summed E-state index contributed by atoms with van der Waals surface area (Å²) >= 11 is 0. The molecular weight excluding hydrogens is 212 g/mol. The number of nitrogens with zero attached hydrogens (tertiary/aromatic N) is 3. The first-order chi connectivity index (χ1) is 8.35. The molecule has 0 unspecified atom stereocenters. The molecule has 4 heteroatoms. The third kappa shape index (κ3) is 2.64. The summed E-state index contributed by atoms with van der Waals surface area (Å²) in [7, 11) is 0. The van der Waals surface area contributed by atoms with Crippen LogP contribution in [0.3, 0.4) is 0 Å². The van der Waals surface area contributed by atoms with Crippen LogP contribution in [0.1, 0.15) is 25.2 Å². The van der Waals surface area contributed by atoms with E-state index in [0.29, 0.717) is 0 Å². The van der Waals surface area contributed by atoms with E-state index in [-0.39, 0.29) is 0 Å². The third-order valence-electron chi connectivity index (χ3n) is 2.68. The van der Waals surface area contributed by atoms with Gasteiger partial charge in [-0.25, -0.2) is 0 Å². The van der Waals surface area contributed by atoms with Crippen LogP contribution in [-0.4, -0.2) is 21.3 Å². The van der Waals surface area contributed by atoms with E-state index in [1.807, 2.05) is 18.2 Å². The summed E-state index contributed by atoms with van der Waals surface area (Å²) in [4.78, 5) is 0.